The summed E-state index contributed by atoms with van der Waals surface area (Å²) in [6.45, 7) is 5.94. The van der Waals surface area contributed by atoms with E-state index in [-0.39, 0.29) is 0 Å². The number of methoxy groups -OCH3 is 1. The van der Waals surface area contributed by atoms with E-state index in [2.05, 4.69) is 17.6 Å². The van der Waals surface area contributed by atoms with Crippen LogP contribution in [0.25, 0.3) is 0 Å². The summed E-state index contributed by atoms with van der Waals surface area (Å²) >= 11 is 4.12. The van der Waals surface area contributed by atoms with Crippen molar-refractivity contribution in [3.8, 4) is 5.88 Å². The molecule has 0 aliphatic rings. The lowest BCUT2D eigenvalue weighted by Crippen LogP contribution is -1.89. The number of thiol groups is 1. The maximum absolute atomic E-state index is 4.95. The molecule has 0 saturated carbocycles. The first-order valence-electron chi connectivity index (χ1n) is 3.93. The highest BCUT2D eigenvalue weighted by molar-refractivity contribution is 7.80. The van der Waals surface area contributed by atoms with Crippen molar-refractivity contribution in [3.05, 3.63) is 17.8 Å². The molecular formula is C9H15NOS. The van der Waals surface area contributed by atoms with E-state index in [9.17, 15) is 0 Å². The van der Waals surface area contributed by atoms with Crippen molar-refractivity contribution in [1.29, 1.82) is 0 Å². The van der Waals surface area contributed by atoms with Gasteiger partial charge in [0, 0.05) is 16.7 Å². The van der Waals surface area contributed by atoms with Gasteiger partial charge < -0.3 is 4.74 Å². The second-order valence-electron chi connectivity index (χ2n) is 2.02. The lowest BCUT2D eigenvalue weighted by atomic mass is 10.3. The Bertz CT molecular complexity index is 238. The molecule has 0 fully saturated rings. The third-order valence-corrected chi connectivity index (χ3v) is 1.45. The molecule has 68 valence electrons. The van der Waals surface area contributed by atoms with Crippen molar-refractivity contribution in [2.75, 3.05) is 7.11 Å². The van der Waals surface area contributed by atoms with Gasteiger partial charge in [-0.15, -0.1) is 12.6 Å². The lowest BCUT2D eigenvalue weighted by molar-refractivity contribution is 0.394. The maximum atomic E-state index is 4.95. The fraction of sp³-hybridized carbons (Fsp3) is 0.444. The molecule has 0 amide bonds. The summed E-state index contributed by atoms with van der Waals surface area (Å²) in [4.78, 5) is 4.86. The average Bonchev–Trinajstić information content (AvgIpc) is 2.08. The molecule has 2 nitrogen and oxygen atoms in total. The number of hydrogen-bond acceptors (Lipinski definition) is 3. The number of nitrogens with zero attached hydrogens (tertiary/aromatic N) is 1. The standard InChI is InChI=1S/C7H9NOS.C2H6/c1-5-3-6(10)4-8-7(5)9-2;1-2/h3-4,10H,1-2H3;1-2H3. The van der Waals surface area contributed by atoms with Crippen LogP contribution in [0, 0.1) is 6.92 Å². The molecule has 0 N–H and O–H groups in total. The Balaban J connectivity index is 0.000000561. The Morgan fingerprint density at radius 3 is 2.42 bits per heavy atom. The molecule has 0 saturated heterocycles. The van der Waals surface area contributed by atoms with Crippen LogP contribution in [0.2, 0.25) is 0 Å². The molecule has 0 atom stereocenters. The summed E-state index contributed by atoms with van der Waals surface area (Å²) in [7, 11) is 1.60. The SMILES string of the molecule is CC.COc1ncc(S)cc1C. The van der Waals surface area contributed by atoms with Crippen molar-refractivity contribution in [1.82, 2.24) is 4.98 Å². The molecule has 0 aromatic carbocycles. The fourth-order valence-corrected chi connectivity index (χ4v) is 1.01. The van der Waals surface area contributed by atoms with Gasteiger partial charge in [-0.1, -0.05) is 13.8 Å². The Kier molecular flexibility index (Phi) is 5.54. The number of aryl methyl sites for hydroxylation is 1. The van der Waals surface area contributed by atoms with Crippen LogP contribution in [0.5, 0.6) is 5.88 Å². The monoisotopic (exact) mass is 185 g/mol. The van der Waals surface area contributed by atoms with Crippen LogP contribution < -0.4 is 4.74 Å². The summed E-state index contributed by atoms with van der Waals surface area (Å²) in [6, 6.07) is 1.91. The Labute approximate surface area is 79.4 Å². The van der Waals surface area contributed by atoms with Crippen LogP contribution in [-0.2, 0) is 0 Å². The maximum Gasteiger partial charge on any atom is 0.215 e. The van der Waals surface area contributed by atoms with Crippen molar-refractivity contribution in [3.63, 3.8) is 0 Å². The molecular weight excluding hydrogens is 170 g/mol. The second kappa shape index (κ2) is 5.89. The first-order valence-corrected chi connectivity index (χ1v) is 4.38. The highest BCUT2D eigenvalue weighted by atomic mass is 32.1. The predicted molar refractivity (Wildman–Crippen MR) is 54.1 cm³/mol. The van der Waals surface area contributed by atoms with Crippen LogP contribution in [0.15, 0.2) is 17.2 Å². The fourth-order valence-electron chi connectivity index (χ4n) is 0.761. The molecule has 1 rings (SSSR count). The first-order chi connectivity index (χ1) is 5.74. The van der Waals surface area contributed by atoms with Crippen molar-refractivity contribution >= 4 is 12.6 Å². The third-order valence-electron chi connectivity index (χ3n) is 1.21. The summed E-state index contributed by atoms with van der Waals surface area (Å²) in [6.07, 6.45) is 1.66. The van der Waals surface area contributed by atoms with E-state index in [1.165, 1.54) is 0 Å². The number of pyridine rings is 1. The molecule has 1 aromatic heterocycles. The normalized spacial score (nSPS) is 8.42. The molecule has 0 spiro atoms. The third kappa shape index (κ3) is 3.13. The van der Waals surface area contributed by atoms with E-state index in [0.29, 0.717) is 5.88 Å². The Morgan fingerprint density at radius 2 is 2.00 bits per heavy atom. The summed E-state index contributed by atoms with van der Waals surface area (Å²) in [5, 5.41) is 0. The molecule has 0 aliphatic heterocycles. The van der Waals surface area contributed by atoms with Crippen LogP contribution in [0.1, 0.15) is 19.4 Å². The zero-order valence-electron chi connectivity index (χ0n) is 7.96. The molecule has 0 bridgehead atoms. The van der Waals surface area contributed by atoms with Crippen molar-refractivity contribution in [2.45, 2.75) is 25.7 Å². The molecule has 0 aliphatic carbocycles. The van der Waals surface area contributed by atoms with Gasteiger partial charge in [-0.05, 0) is 13.0 Å². The van der Waals surface area contributed by atoms with Gasteiger partial charge in [0.15, 0.2) is 0 Å². The smallest absolute Gasteiger partial charge is 0.215 e. The molecule has 12 heavy (non-hydrogen) atoms. The van der Waals surface area contributed by atoms with Gasteiger partial charge in [-0.3, -0.25) is 0 Å². The van der Waals surface area contributed by atoms with E-state index >= 15 is 0 Å². The van der Waals surface area contributed by atoms with Crippen LogP contribution >= 0.6 is 12.6 Å². The Hall–Kier alpha value is -0.700. The van der Waals surface area contributed by atoms with E-state index in [4.69, 9.17) is 4.74 Å². The van der Waals surface area contributed by atoms with Gasteiger partial charge in [-0.2, -0.15) is 0 Å². The molecule has 1 heterocycles. The van der Waals surface area contributed by atoms with Gasteiger partial charge >= 0.3 is 0 Å². The molecule has 1 aromatic rings. The minimum Gasteiger partial charge on any atom is -0.481 e. The molecule has 0 radical (unpaired) electrons. The Morgan fingerprint density at radius 1 is 1.42 bits per heavy atom. The number of ether oxygens (including phenoxy) is 1. The predicted octanol–water partition coefficient (Wildman–Crippen LogP) is 2.71. The average molecular weight is 185 g/mol. The lowest BCUT2D eigenvalue weighted by Gasteiger charge is -2.01. The highest BCUT2D eigenvalue weighted by Crippen LogP contribution is 2.15. The van der Waals surface area contributed by atoms with E-state index in [0.717, 1.165) is 10.5 Å². The highest BCUT2D eigenvalue weighted by Gasteiger charge is 1.97. The molecule has 0 unspecified atom stereocenters. The van der Waals surface area contributed by atoms with Gasteiger partial charge in [0.25, 0.3) is 0 Å². The zero-order chi connectivity index (χ0) is 9.56. The molecule has 3 heteroatoms. The summed E-state index contributed by atoms with van der Waals surface area (Å²) < 4.78 is 4.95. The summed E-state index contributed by atoms with van der Waals surface area (Å²) in [5.74, 6) is 0.665. The van der Waals surface area contributed by atoms with Gasteiger partial charge in [-0.25, -0.2) is 4.98 Å². The number of aromatic nitrogens is 1. The van der Waals surface area contributed by atoms with Crippen LogP contribution in [-0.4, -0.2) is 12.1 Å². The minimum atomic E-state index is 0.665. The van der Waals surface area contributed by atoms with Crippen molar-refractivity contribution in [2.24, 2.45) is 0 Å². The topological polar surface area (TPSA) is 22.1 Å². The second-order valence-corrected chi connectivity index (χ2v) is 2.54. The van der Waals surface area contributed by atoms with Gasteiger partial charge in [0.1, 0.15) is 0 Å². The largest absolute Gasteiger partial charge is 0.481 e. The zero-order valence-corrected chi connectivity index (χ0v) is 8.85. The number of hydrogen-bond donors (Lipinski definition) is 1. The quantitative estimate of drug-likeness (QED) is 0.679. The van der Waals surface area contributed by atoms with E-state index in [1.54, 1.807) is 13.3 Å². The van der Waals surface area contributed by atoms with Crippen molar-refractivity contribution < 1.29 is 4.74 Å². The summed E-state index contributed by atoms with van der Waals surface area (Å²) in [5.41, 5.74) is 1.01. The van der Waals surface area contributed by atoms with Crippen LogP contribution in [0.4, 0.5) is 0 Å². The first kappa shape index (κ1) is 11.3. The van der Waals surface area contributed by atoms with Crippen LogP contribution in [0.3, 0.4) is 0 Å². The number of rotatable bonds is 1. The minimum absolute atomic E-state index is 0.665. The van der Waals surface area contributed by atoms with E-state index in [1.807, 2.05) is 26.8 Å². The van der Waals surface area contributed by atoms with Gasteiger partial charge in [0.2, 0.25) is 5.88 Å². The van der Waals surface area contributed by atoms with Gasteiger partial charge in [0.05, 0.1) is 7.11 Å². The van der Waals surface area contributed by atoms with E-state index < -0.39 is 0 Å².